The lowest BCUT2D eigenvalue weighted by Gasteiger charge is -2.26. The van der Waals surface area contributed by atoms with E-state index in [9.17, 15) is 4.20 Å². The van der Waals surface area contributed by atoms with Crippen molar-refractivity contribution in [3.63, 3.8) is 0 Å². The Morgan fingerprint density at radius 1 is 1.06 bits per heavy atom. The summed E-state index contributed by atoms with van der Waals surface area (Å²) in [5.74, 6) is 0.423. The molecular weight excluding hydrogens is 250 g/mol. The highest BCUT2D eigenvalue weighted by molar-refractivity contribution is 7.40. The van der Waals surface area contributed by atoms with Gasteiger partial charge in [0.2, 0.25) is 0 Å². The normalized spacial score (nSPS) is 14.4. The van der Waals surface area contributed by atoms with Crippen molar-refractivity contribution in [1.29, 1.82) is 0 Å². The molecular formula is C14H22FO2P. The maximum Gasteiger partial charge on any atom is 0.436 e. The Morgan fingerprint density at radius 3 is 2.00 bits per heavy atom. The van der Waals surface area contributed by atoms with Crippen molar-refractivity contribution in [2.45, 2.75) is 52.4 Å². The average Bonchev–Trinajstić information content (AvgIpc) is 2.13. The Hall–Kier alpha value is -0.660. The van der Waals surface area contributed by atoms with E-state index in [1.165, 1.54) is 5.56 Å². The van der Waals surface area contributed by atoms with Crippen LogP contribution in [0.15, 0.2) is 18.2 Å². The molecule has 0 aliphatic heterocycles. The standard InChI is InChI=1S/C14H22FO2P/c1-13(2,3)10-7-8-12(17-18(15)16)11(9-10)14(4,5)6/h7-9,16H,1-6H3. The summed E-state index contributed by atoms with van der Waals surface area (Å²) >= 11 is 0. The van der Waals surface area contributed by atoms with Crippen molar-refractivity contribution in [1.82, 2.24) is 0 Å². The SMILES string of the molecule is CC(C)(C)c1ccc(OP(O)F)c(C(C)(C)C)c1. The highest BCUT2D eigenvalue weighted by Gasteiger charge is 2.24. The van der Waals surface area contributed by atoms with Gasteiger partial charge in [-0.15, -0.1) is 4.20 Å². The summed E-state index contributed by atoms with van der Waals surface area (Å²) in [4.78, 5) is 8.80. The fourth-order valence-corrected chi connectivity index (χ4v) is 2.06. The number of hydrogen-bond donors (Lipinski definition) is 1. The van der Waals surface area contributed by atoms with Crippen LogP contribution in [0, 0.1) is 0 Å². The molecule has 1 N–H and O–H groups in total. The van der Waals surface area contributed by atoms with Crippen molar-refractivity contribution >= 4 is 8.69 Å². The van der Waals surface area contributed by atoms with Gasteiger partial charge >= 0.3 is 8.69 Å². The van der Waals surface area contributed by atoms with Gasteiger partial charge in [-0.1, -0.05) is 53.7 Å². The van der Waals surface area contributed by atoms with Crippen LogP contribution in [0.4, 0.5) is 4.20 Å². The largest absolute Gasteiger partial charge is 0.436 e. The molecule has 0 saturated carbocycles. The maximum atomic E-state index is 12.7. The van der Waals surface area contributed by atoms with Gasteiger partial charge in [-0.2, -0.15) is 0 Å². The van der Waals surface area contributed by atoms with Gasteiger partial charge in [0.1, 0.15) is 5.75 Å². The first kappa shape index (κ1) is 15.4. The van der Waals surface area contributed by atoms with E-state index < -0.39 is 8.69 Å². The van der Waals surface area contributed by atoms with Crippen molar-refractivity contribution in [2.75, 3.05) is 0 Å². The molecule has 102 valence electrons. The lowest BCUT2D eigenvalue weighted by Crippen LogP contribution is -2.17. The highest BCUT2D eigenvalue weighted by Crippen LogP contribution is 2.41. The second-order valence-corrected chi connectivity index (χ2v) is 7.16. The van der Waals surface area contributed by atoms with Crippen LogP contribution in [0.3, 0.4) is 0 Å². The minimum Gasteiger partial charge on any atom is -0.424 e. The second-order valence-electron chi connectivity index (χ2n) is 6.53. The molecule has 0 bridgehead atoms. The van der Waals surface area contributed by atoms with Crippen molar-refractivity contribution < 1.29 is 13.6 Å². The minimum atomic E-state index is -2.88. The smallest absolute Gasteiger partial charge is 0.424 e. The quantitative estimate of drug-likeness (QED) is 0.780. The molecule has 2 nitrogen and oxygen atoms in total. The van der Waals surface area contributed by atoms with E-state index >= 15 is 0 Å². The first-order chi connectivity index (χ1) is 8.01. The number of benzene rings is 1. The predicted molar refractivity (Wildman–Crippen MR) is 74.7 cm³/mol. The Morgan fingerprint density at radius 2 is 1.61 bits per heavy atom. The molecule has 1 atom stereocenters. The molecule has 18 heavy (non-hydrogen) atoms. The molecule has 0 saturated heterocycles. The van der Waals surface area contributed by atoms with E-state index in [1.807, 2.05) is 32.9 Å². The molecule has 1 rings (SSSR count). The van der Waals surface area contributed by atoms with Gasteiger partial charge < -0.3 is 9.42 Å². The zero-order valence-electron chi connectivity index (χ0n) is 11.9. The molecule has 0 radical (unpaired) electrons. The van der Waals surface area contributed by atoms with Crippen LogP contribution in [0.5, 0.6) is 5.75 Å². The highest BCUT2D eigenvalue weighted by atomic mass is 31.2. The predicted octanol–water partition coefficient (Wildman–Crippen LogP) is 4.85. The third-order valence-corrected chi connectivity index (χ3v) is 3.17. The van der Waals surface area contributed by atoms with Crippen LogP contribution in [0.2, 0.25) is 0 Å². The molecule has 0 aliphatic rings. The topological polar surface area (TPSA) is 29.5 Å². The molecule has 1 unspecified atom stereocenters. The summed E-state index contributed by atoms with van der Waals surface area (Å²) in [5, 5.41) is 0. The van der Waals surface area contributed by atoms with E-state index in [2.05, 4.69) is 20.8 Å². The maximum absolute atomic E-state index is 12.7. The number of hydrogen-bond acceptors (Lipinski definition) is 2. The monoisotopic (exact) mass is 272 g/mol. The Balaban J connectivity index is 3.30. The third-order valence-electron chi connectivity index (χ3n) is 2.83. The Labute approximate surface area is 110 Å². The third kappa shape index (κ3) is 3.93. The lowest BCUT2D eigenvalue weighted by molar-refractivity contribution is 0.423. The van der Waals surface area contributed by atoms with Gasteiger partial charge in [-0.25, -0.2) is 0 Å². The Kier molecular flexibility index (Phi) is 4.40. The van der Waals surface area contributed by atoms with Crippen LogP contribution in [-0.2, 0) is 10.8 Å². The van der Waals surface area contributed by atoms with Crippen molar-refractivity contribution in [3.05, 3.63) is 29.3 Å². The van der Waals surface area contributed by atoms with Crippen LogP contribution >= 0.6 is 8.69 Å². The van der Waals surface area contributed by atoms with Gasteiger partial charge in [0.05, 0.1) is 0 Å². The molecule has 1 aromatic carbocycles. The zero-order valence-corrected chi connectivity index (χ0v) is 12.8. The molecule has 1 aromatic rings. The lowest BCUT2D eigenvalue weighted by atomic mass is 9.80. The van der Waals surface area contributed by atoms with Crippen LogP contribution in [0.25, 0.3) is 0 Å². The summed E-state index contributed by atoms with van der Waals surface area (Å²) in [6.45, 7) is 12.5. The molecule has 0 aromatic heterocycles. The Bertz CT molecular complexity index is 417. The first-order valence-electron chi connectivity index (χ1n) is 5.99. The van der Waals surface area contributed by atoms with Gasteiger partial charge in [-0.05, 0) is 22.5 Å². The van der Waals surface area contributed by atoms with Gasteiger partial charge in [-0.3, -0.25) is 0 Å². The number of rotatable bonds is 2. The minimum absolute atomic E-state index is 0.0260. The summed E-state index contributed by atoms with van der Waals surface area (Å²) in [6.07, 6.45) is 0. The molecule has 0 amide bonds. The first-order valence-corrected chi connectivity index (χ1v) is 7.10. The molecule has 4 heteroatoms. The molecule has 0 heterocycles. The summed E-state index contributed by atoms with van der Waals surface area (Å²) in [5.41, 5.74) is 1.94. The fraction of sp³-hybridized carbons (Fsp3) is 0.571. The number of halogens is 1. The summed E-state index contributed by atoms with van der Waals surface area (Å²) < 4.78 is 17.6. The van der Waals surface area contributed by atoms with Crippen LogP contribution in [0.1, 0.15) is 52.7 Å². The molecule has 0 aliphatic carbocycles. The van der Waals surface area contributed by atoms with Crippen molar-refractivity contribution in [2.24, 2.45) is 0 Å². The molecule has 0 spiro atoms. The summed E-state index contributed by atoms with van der Waals surface area (Å²) in [6, 6.07) is 5.70. The van der Waals surface area contributed by atoms with E-state index in [4.69, 9.17) is 9.42 Å². The van der Waals surface area contributed by atoms with E-state index in [-0.39, 0.29) is 10.8 Å². The molecule has 0 fully saturated rings. The van der Waals surface area contributed by atoms with E-state index in [1.54, 1.807) is 6.07 Å². The van der Waals surface area contributed by atoms with E-state index in [0.717, 1.165) is 5.56 Å². The van der Waals surface area contributed by atoms with Crippen LogP contribution in [-0.4, -0.2) is 4.89 Å². The van der Waals surface area contributed by atoms with Gasteiger partial charge in [0.15, 0.2) is 0 Å². The summed E-state index contributed by atoms with van der Waals surface area (Å²) in [7, 11) is -2.88. The average molecular weight is 272 g/mol. The van der Waals surface area contributed by atoms with Gasteiger partial charge in [0.25, 0.3) is 0 Å². The van der Waals surface area contributed by atoms with E-state index in [0.29, 0.717) is 5.75 Å². The van der Waals surface area contributed by atoms with Crippen molar-refractivity contribution in [3.8, 4) is 5.75 Å². The fourth-order valence-electron chi connectivity index (χ4n) is 1.74. The van der Waals surface area contributed by atoms with Crippen LogP contribution < -0.4 is 4.52 Å². The second kappa shape index (κ2) is 5.14. The zero-order chi connectivity index (χ0) is 14.1. The van der Waals surface area contributed by atoms with Gasteiger partial charge in [0, 0.05) is 5.56 Å².